The van der Waals surface area contributed by atoms with Crippen molar-refractivity contribution in [3.8, 4) is 12.1 Å². The van der Waals surface area contributed by atoms with E-state index < -0.39 is 6.61 Å². The molecule has 0 fully saturated rings. The molecule has 0 saturated heterocycles. The number of nitriles is 2. The first kappa shape index (κ1) is 8.26. The van der Waals surface area contributed by atoms with Crippen molar-refractivity contribution in [3.05, 3.63) is 34.9 Å². The molecule has 0 spiro atoms. The number of hydrogen-bond donors (Lipinski definition) is 0. The molecule has 0 atom stereocenters. The summed E-state index contributed by atoms with van der Waals surface area (Å²) in [6.07, 6.45) is 0. The van der Waals surface area contributed by atoms with Crippen LogP contribution in [0.3, 0.4) is 0 Å². The monoisotopic (exact) mass is 157 g/mol. The van der Waals surface area contributed by atoms with Crippen LogP contribution in [0.1, 0.15) is 16.7 Å². The van der Waals surface area contributed by atoms with E-state index in [0.717, 1.165) is 0 Å². The average Bonchev–Trinajstić information content (AvgIpc) is 2.16. The summed E-state index contributed by atoms with van der Waals surface area (Å²) >= 11 is 0. The van der Waals surface area contributed by atoms with Crippen LogP contribution in [0, 0.1) is 22.7 Å². The Labute approximate surface area is 70.1 Å². The average molecular weight is 157 g/mol. The van der Waals surface area contributed by atoms with E-state index in [1.807, 2.05) is 12.1 Å². The standard InChI is InChI=1S/C9H5N2O/c10-4-7-2-1-3-8(5-11)9(7)6-12/h1-3H,6H2. The van der Waals surface area contributed by atoms with Crippen LogP contribution in [0.15, 0.2) is 18.2 Å². The van der Waals surface area contributed by atoms with Crippen molar-refractivity contribution >= 4 is 0 Å². The van der Waals surface area contributed by atoms with Gasteiger partial charge in [-0.05, 0) is 12.1 Å². The normalized spacial score (nSPS) is 8.58. The minimum absolute atomic E-state index is 0.294. The van der Waals surface area contributed by atoms with Gasteiger partial charge in [0.25, 0.3) is 0 Å². The zero-order chi connectivity index (χ0) is 8.97. The van der Waals surface area contributed by atoms with Crippen molar-refractivity contribution < 1.29 is 5.11 Å². The largest absolute Gasteiger partial charge is 0.231 e. The van der Waals surface area contributed by atoms with Crippen molar-refractivity contribution in [2.24, 2.45) is 0 Å². The second-order valence-corrected chi connectivity index (χ2v) is 2.20. The maximum atomic E-state index is 10.6. The van der Waals surface area contributed by atoms with Gasteiger partial charge in [-0.25, -0.2) is 5.11 Å². The molecule has 1 radical (unpaired) electrons. The van der Waals surface area contributed by atoms with Gasteiger partial charge in [-0.1, -0.05) is 6.07 Å². The Morgan fingerprint density at radius 2 is 1.67 bits per heavy atom. The van der Waals surface area contributed by atoms with Crippen molar-refractivity contribution in [1.29, 1.82) is 10.5 Å². The number of hydrogen-bond acceptors (Lipinski definition) is 2. The van der Waals surface area contributed by atoms with Gasteiger partial charge in [0, 0.05) is 5.56 Å². The van der Waals surface area contributed by atoms with Crippen LogP contribution in [-0.2, 0) is 11.7 Å². The Kier molecular flexibility index (Phi) is 2.42. The third-order valence-electron chi connectivity index (χ3n) is 1.56. The van der Waals surface area contributed by atoms with Crippen molar-refractivity contribution in [2.75, 3.05) is 0 Å². The van der Waals surface area contributed by atoms with Gasteiger partial charge in [-0.3, -0.25) is 0 Å². The molecule has 3 heteroatoms. The summed E-state index contributed by atoms with van der Waals surface area (Å²) < 4.78 is 0. The van der Waals surface area contributed by atoms with E-state index >= 15 is 0 Å². The van der Waals surface area contributed by atoms with Gasteiger partial charge >= 0.3 is 0 Å². The molecule has 1 rings (SSSR count). The molecule has 0 amide bonds. The molecule has 3 nitrogen and oxygen atoms in total. The fourth-order valence-electron chi connectivity index (χ4n) is 0.952. The van der Waals surface area contributed by atoms with E-state index in [4.69, 9.17) is 10.5 Å². The van der Waals surface area contributed by atoms with Gasteiger partial charge in [0.1, 0.15) is 6.61 Å². The second kappa shape index (κ2) is 3.52. The fourth-order valence-corrected chi connectivity index (χ4v) is 0.952. The van der Waals surface area contributed by atoms with Gasteiger partial charge in [0.15, 0.2) is 0 Å². The molecule has 0 aliphatic rings. The molecule has 0 N–H and O–H groups in total. The van der Waals surface area contributed by atoms with Crippen LogP contribution < -0.4 is 0 Å². The molecule has 0 aromatic heterocycles. The van der Waals surface area contributed by atoms with Crippen LogP contribution in [0.5, 0.6) is 0 Å². The lowest BCUT2D eigenvalue weighted by Crippen LogP contribution is -1.92. The van der Waals surface area contributed by atoms with Crippen LogP contribution in [0.4, 0.5) is 0 Å². The van der Waals surface area contributed by atoms with E-state index in [0.29, 0.717) is 16.7 Å². The summed E-state index contributed by atoms with van der Waals surface area (Å²) in [7, 11) is 0. The van der Waals surface area contributed by atoms with Gasteiger partial charge in [0.05, 0.1) is 23.3 Å². The summed E-state index contributed by atoms with van der Waals surface area (Å²) in [6.45, 7) is -0.521. The molecule has 0 aliphatic carbocycles. The quantitative estimate of drug-likeness (QED) is 0.617. The zero-order valence-electron chi connectivity index (χ0n) is 6.24. The molecule has 12 heavy (non-hydrogen) atoms. The van der Waals surface area contributed by atoms with E-state index in [1.165, 1.54) is 12.1 Å². The van der Waals surface area contributed by atoms with Crippen LogP contribution in [0.2, 0.25) is 0 Å². The van der Waals surface area contributed by atoms with Gasteiger partial charge < -0.3 is 0 Å². The summed E-state index contributed by atoms with van der Waals surface area (Å²) in [5.41, 5.74) is 0.885. The first-order valence-corrected chi connectivity index (χ1v) is 3.33. The molecular formula is C9H5N2O. The summed E-state index contributed by atoms with van der Waals surface area (Å²) in [5, 5.41) is 27.7. The first-order valence-electron chi connectivity index (χ1n) is 3.33. The highest BCUT2D eigenvalue weighted by Crippen LogP contribution is 2.12. The van der Waals surface area contributed by atoms with E-state index in [2.05, 4.69) is 0 Å². The van der Waals surface area contributed by atoms with Crippen LogP contribution in [0.25, 0.3) is 0 Å². The predicted molar refractivity (Wildman–Crippen MR) is 40.3 cm³/mol. The molecule has 0 saturated carbocycles. The Morgan fingerprint density at radius 3 is 2.00 bits per heavy atom. The first-order chi connectivity index (χ1) is 5.83. The molecule has 0 aliphatic heterocycles. The van der Waals surface area contributed by atoms with E-state index in [-0.39, 0.29) is 0 Å². The highest BCUT2D eigenvalue weighted by atomic mass is 16.3. The molecular weight excluding hydrogens is 152 g/mol. The molecule has 0 heterocycles. The van der Waals surface area contributed by atoms with Crippen molar-refractivity contribution in [2.45, 2.75) is 6.61 Å². The maximum Gasteiger partial charge on any atom is 0.110 e. The Bertz CT molecular complexity index is 339. The molecule has 57 valence electrons. The lowest BCUT2D eigenvalue weighted by molar-refractivity contribution is 0.177. The second-order valence-electron chi connectivity index (χ2n) is 2.20. The fraction of sp³-hybridized carbons (Fsp3) is 0.111. The highest BCUT2D eigenvalue weighted by molar-refractivity contribution is 5.47. The SMILES string of the molecule is N#Cc1cccc(C#N)c1C[O]. The number of rotatable bonds is 1. The minimum Gasteiger partial charge on any atom is -0.231 e. The number of nitrogens with zero attached hydrogens (tertiary/aromatic N) is 2. The Morgan fingerprint density at radius 1 is 1.17 bits per heavy atom. The third-order valence-corrected chi connectivity index (χ3v) is 1.56. The van der Waals surface area contributed by atoms with Crippen LogP contribution in [-0.4, -0.2) is 0 Å². The Hall–Kier alpha value is -1.84. The zero-order valence-corrected chi connectivity index (χ0v) is 6.24. The van der Waals surface area contributed by atoms with Crippen molar-refractivity contribution in [1.82, 2.24) is 0 Å². The highest BCUT2D eigenvalue weighted by Gasteiger charge is 2.05. The Balaban J connectivity index is 3.37. The van der Waals surface area contributed by atoms with Gasteiger partial charge in [-0.15, -0.1) is 0 Å². The molecule has 0 bridgehead atoms. The lowest BCUT2D eigenvalue weighted by Gasteiger charge is -1.99. The van der Waals surface area contributed by atoms with Gasteiger partial charge in [-0.2, -0.15) is 10.5 Å². The molecule has 1 aromatic carbocycles. The summed E-state index contributed by atoms with van der Waals surface area (Å²) in [4.78, 5) is 0. The van der Waals surface area contributed by atoms with Crippen molar-refractivity contribution in [3.63, 3.8) is 0 Å². The minimum atomic E-state index is -0.521. The summed E-state index contributed by atoms with van der Waals surface area (Å²) in [5.74, 6) is 0. The van der Waals surface area contributed by atoms with Crippen LogP contribution >= 0.6 is 0 Å². The number of benzene rings is 1. The molecule has 1 aromatic rings. The maximum absolute atomic E-state index is 10.6. The molecule has 0 unspecified atom stereocenters. The summed E-state index contributed by atoms with van der Waals surface area (Å²) in [6, 6.07) is 8.41. The smallest absolute Gasteiger partial charge is 0.110 e. The topological polar surface area (TPSA) is 67.5 Å². The lowest BCUT2D eigenvalue weighted by atomic mass is 10.0. The van der Waals surface area contributed by atoms with Gasteiger partial charge in [0.2, 0.25) is 0 Å². The van der Waals surface area contributed by atoms with E-state index in [9.17, 15) is 5.11 Å². The predicted octanol–water partition coefficient (Wildman–Crippen LogP) is 1.36. The third kappa shape index (κ3) is 1.27. The van der Waals surface area contributed by atoms with E-state index in [1.54, 1.807) is 6.07 Å².